The third kappa shape index (κ3) is 4.22. The first-order valence-corrected chi connectivity index (χ1v) is 8.45. The third-order valence-corrected chi connectivity index (χ3v) is 4.61. The first-order chi connectivity index (χ1) is 11.8. The van der Waals surface area contributed by atoms with Gasteiger partial charge in [-0.2, -0.15) is 13.2 Å². The minimum Gasteiger partial charge on any atom is -0.419 e. The van der Waals surface area contributed by atoms with E-state index in [-0.39, 0.29) is 5.25 Å². The molecule has 0 unspecified atom stereocenters. The summed E-state index contributed by atoms with van der Waals surface area (Å²) >= 11 is 1.24. The van der Waals surface area contributed by atoms with E-state index in [0.717, 1.165) is 23.3 Å². The molecule has 0 radical (unpaired) electrons. The van der Waals surface area contributed by atoms with E-state index >= 15 is 0 Å². The Bertz CT molecular complexity index is 877. The topological polar surface area (TPSA) is 38.9 Å². The van der Waals surface area contributed by atoms with Gasteiger partial charge in [0.15, 0.2) is 0 Å². The third-order valence-electron chi connectivity index (χ3n) is 3.53. The fourth-order valence-electron chi connectivity index (χ4n) is 2.29. The zero-order valence-electron chi connectivity index (χ0n) is 13.5. The molecule has 1 aromatic heterocycles. The first-order valence-electron chi connectivity index (χ1n) is 7.57. The Morgan fingerprint density at radius 2 is 1.80 bits per heavy atom. The second kappa shape index (κ2) is 6.92. The van der Waals surface area contributed by atoms with Gasteiger partial charge in [-0.25, -0.2) is 0 Å². The smallest absolute Gasteiger partial charge is 0.416 e. The molecule has 0 N–H and O–H groups in total. The van der Waals surface area contributed by atoms with Crippen molar-refractivity contribution in [3.63, 3.8) is 0 Å². The summed E-state index contributed by atoms with van der Waals surface area (Å²) in [4.78, 5) is 0.498. The van der Waals surface area contributed by atoms with Gasteiger partial charge in [-0.1, -0.05) is 23.8 Å². The molecule has 0 aliphatic rings. The predicted molar refractivity (Wildman–Crippen MR) is 90.2 cm³/mol. The number of benzene rings is 2. The van der Waals surface area contributed by atoms with Gasteiger partial charge in [0, 0.05) is 10.5 Å². The van der Waals surface area contributed by atoms with E-state index in [0.29, 0.717) is 16.7 Å². The summed E-state index contributed by atoms with van der Waals surface area (Å²) in [5, 5.41) is 7.80. The van der Waals surface area contributed by atoms with Gasteiger partial charge >= 0.3 is 6.18 Å². The number of halogens is 3. The molecule has 2 aromatic carbocycles. The van der Waals surface area contributed by atoms with Crippen LogP contribution in [0.1, 0.15) is 29.2 Å². The van der Waals surface area contributed by atoms with Crippen LogP contribution in [0.4, 0.5) is 13.2 Å². The second-order valence-corrected chi connectivity index (χ2v) is 7.01. The number of alkyl halides is 3. The molecule has 0 saturated carbocycles. The fraction of sp³-hybridized carbons (Fsp3) is 0.222. The van der Waals surface area contributed by atoms with E-state index in [2.05, 4.69) is 10.2 Å². The highest BCUT2D eigenvalue weighted by Gasteiger charge is 2.30. The number of nitrogens with zero attached hydrogens (tertiary/aromatic N) is 2. The highest BCUT2D eigenvalue weighted by atomic mass is 32.2. The molecule has 3 nitrogen and oxygen atoms in total. The largest absolute Gasteiger partial charge is 0.419 e. The number of thioether (sulfide) groups is 1. The first kappa shape index (κ1) is 17.5. The van der Waals surface area contributed by atoms with Crippen molar-refractivity contribution in [1.82, 2.24) is 10.2 Å². The molecule has 0 spiro atoms. The van der Waals surface area contributed by atoms with Crippen molar-refractivity contribution in [1.29, 1.82) is 0 Å². The monoisotopic (exact) mass is 364 g/mol. The van der Waals surface area contributed by atoms with Crippen LogP contribution in [0, 0.1) is 6.92 Å². The lowest BCUT2D eigenvalue weighted by molar-refractivity contribution is -0.137. The van der Waals surface area contributed by atoms with Crippen molar-refractivity contribution in [2.24, 2.45) is 0 Å². The summed E-state index contributed by atoms with van der Waals surface area (Å²) in [6, 6.07) is 12.9. The summed E-state index contributed by atoms with van der Waals surface area (Å²) in [6.07, 6.45) is -4.36. The van der Waals surface area contributed by atoms with E-state index in [1.807, 2.05) is 38.1 Å². The van der Waals surface area contributed by atoms with E-state index in [1.54, 1.807) is 6.07 Å². The highest BCUT2D eigenvalue weighted by Crippen LogP contribution is 2.38. The van der Waals surface area contributed by atoms with E-state index in [1.165, 1.54) is 17.8 Å². The van der Waals surface area contributed by atoms with Crippen LogP contribution in [0.15, 0.2) is 57.8 Å². The van der Waals surface area contributed by atoms with Crippen LogP contribution >= 0.6 is 11.8 Å². The van der Waals surface area contributed by atoms with Crippen LogP contribution in [0.2, 0.25) is 0 Å². The van der Waals surface area contributed by atoms with Gasteiger partial charge < -0.3 is 4.42 Å². The lowest BCUT2D eigenvalue weighted by Gasteiger charge is -2.10. The van der Waals surface area contributed by atoms with Crippen molar-refractivity contribution < 1.29 is 17.6 Å². The molecule has 0 saturated heterocycles. The van der Waals surface area contributed by atoms with Crippen LogP contribution < -0.4 is 0 Å². The van der Waals surface area contributed by atoms with Gasteiger partial charge in [-0.3, -0.25) is 0 Å². The van der Waals surface area contributed by atoms with Crippen LogP contribution in [0.25, 0.3) is 11.5 Å². The van der Waals surface area contributed by atoms with Gasteiger partial charge in [-0.05, 0) is 44.2 Å². The Labute approximate surface area is 147 Å². The predicted octanol–water partition coefficient (Wildman–Crippen LogP) is 5.92. The average molecular weight is 364 g/mol. The van der Waals surface area contributed by atoms with Gasteiger partial charge in [-0.15, -0.1) is 22.0 Å². The van der Waals surface area contributed by atoms with Gasteiger partial charge in [0.1, 0.15) is 0 Å². The lowest BCUT2D eigenvalue weighted by atomic mass is 10.1. The molecular formula is C18H15F3N2OS. The minimum absolute atomic E-state index is 0.269. The summed E-state index contributed by atoms with van der Waals surface area (Å²) in [7, 11) is 0. The molecule has 3 aromatic rings. The Morgan fingerprint density at radius 1 is 1.04 bits per heavy atom. The van der Waals surface area contributed by atoms with Crippen LogP contribution in [-0.2, 0) is 6.18 Å². The zero-order valence-corrected chi connectivity index (χ0v) is 14.4. The van der Waals surface area contributed by atoms with E-state index in [9.17, 15) is 13.2 Å². The standard InChI is InChI=1S/C18H15F3N2OS/c1-11-5-3-6-13(9-11)17-23-22-16(24-17)12(2)25-15-8-4-7-14(10-15)18(19,20)21/h3-10,12H,1-2H3/t12-/m1/s1. The molecule has 0 bridgehead atoms. The summed E-state index contributed by atoms with van der Waals surface area (Å²) in [6.45, 7) is 3.78. The quantitative estimate of drug-likeness (QED) is 0.539. The SMILES string of the molecule is Cc1cccc(-c2nnc([C@@H](C)Sc3cccc(C(F)(F)F)c3)o2)c1. The van der Waals surface area contributed by atoms with Crippen molar-refractivity contribution in [2.45, 2.75) is 30.2 Å². The number of aryl methyl sites for hydroxylation is 1. The molecular weight excluding hydrogens is 349 g/mol. The Balaban J connectivity index is 1.77. The maximum absolute atomic E-state index is 12.8. The fourth-order valence-corrected chi connectivity index (χ4v) is 3.25. The second-order valence-electron chi connectivity index (χ2n) is 5.60. The summed E-state index contributed by atoms with van der Waals surface area (Å²) in [5.41, 5.74) is 1.22. The van der Waals surface area contributed by atoms with Crippen molar-refractivity contribution >= 4 is 11.8 Å². The molecule has 1 heterocycles. The summed E-state index contributed by atoms with van der Waals surface area (Å²) in [5.74, 6) is 0.772. The van der Waals surface area contributed by atoms with Gasteiger partial charge in [0.25, 0.3) is 0 Å². The molecule has 1 atom stereocenters. The molecule has 130 valence electrons. The van der Waals surface area contributed by atoms with Crippen molar-refractivity contribution in [3.8, 4) is 11.5 Å². The van der Waals surface area contributed by atoms with E-state index in [4.69, 9.17) is 4.42 Å². The van der Waals surface area contributed by atoms with Crippen molar-refractivity contribution in [2.75, 3.05) is 0 Å². The Kier molecular flexibility index (Phi) is 4.85. The maximum Gasteiger partial charge on any atom is 0.416 e. The van der Waals surface area contributed by atoms with E-state index < -0.39 is 11.7 Å². The molecule has 25 heavy (non-hydrogen) atoms. The maximum atomic E-state index is 12.8. The van der Waals surface area contributed by atoms with Crippen molar-refractivity contribution in [3.05, 3.63) is 65.5 Å². The molecule has 0 amide bonds. The number of hydrogen-bond donors (Lipinski definition) is 0. The number of rotatable bonds is 4. The van der Waals surface area contributed by atoms with Crippen LogP contribution in [-0.4, -0.2) is 10.2 Å². The van der Waals surface area contributed by atoms with Gasteiger partial charge in [0.05, 0.1) is 10.8 Å². The molecule has 3 rings (SSSR count). The Morgan fingerprint density at radius 3 is 2.52 bits per heavy atom. The minimum atomic E-state index is -4.36. The highest BCUT2D eigenvalue weighted by molar-refractivity contribution is 7.99. The van der Waals surface area contributed by atoms with Gasteiger partial charge in [0.2, 0.25) is 11.8 Å². The molecule has 0 aliphatic carbocycles. The number of aromatic nitrogens is 2. The summed E-state index contributed by atoms with van der Waals surface area (Å²) < 4.78 is 44.1. The lowest BCUT2D eigenvalue weighted by Crippen LogP contribution is -2.04. The average Bonchev–Trinajstić information content (AvgIpc) is 3.04. The molecule has 7 heteroatoms. The van der Waals surface area contributed by atoms with Crippen LogP contribution in [0.3, 0.4) is 0 Å². The molecule has 0 aliphatic heterocycles. The Hall–Kier alpha value is -2.28. The van der Waals surface area contributed by atoms with Crippen LogP contribution in [0.5, 0.6) is 0 Å². The number of hydrogen-bond acceptors (Lipinski definition) is 4. The molecule has 0 fully saturated rings. The normalized spacial score (nSPS) is 13.0. The zero-order chi connectivity index (χ0) is 18.0.